The largest absolute Gasteiger partial charge is 0.444 e. The molecule has 0 aliphatic carbocycles. The number of ether oxygens (including phenoxy) is 1. The van der Waals surface area contributed by atoms with Gasteiger partial charge in [0, 0.05) is 12.7 Å². The number of nitrogens with two attached hydrogens (primary N) is 1. The Morgan fingerprint density at radius 2 is 2.20 bits per heavy atom. The van der Waals surface area contributed by atoms with Crippen LogP contribution in [0, 0.1) is 0 Å². The summed E-state index contributed by atoms with van der Waals surface area (Å²) in [6, 6.07) is 0. The number of hydrogen-bond acceptors (Lipinski definition) is 5. The molecule has 0 radical (unpaired) electrons. The van der Waals surface area contributed by atoms with Crippen LogP contribution in [0.2, 0.25) is 0 Å². The van der Waals surface area contributed by atoms with Crippen molar-refractivity contribution in [2.45, 2.75) is 45.9 Å². The summed E-state index contributed by atoms with van der Waals surface area (Å²) in [5.41, 5.74) is 7.00. The van der Waals surface area contributed by atoms with Gasteiger partial charge in [-0.3, -0.25) is 0 Å². The van der Waals surface area contributed by atoms with Gasteiger partial charge in [-0.25, -0.2) is 14.8 Å². The van der Waals surface area contributed by atoms with Crippen LogP contribution in [-0.4, -0.2) is 33.1 Å². The molecule has 1 aliphatic heterocycles. The first-order valence-electron chi connectivity index (χ1n) is 6.41. The molecule has 2 heterocycles. The van der Waals surface area contributed by atoms with Crippen molar-refractivity contribution in [1.29, 1.82) is 0 Å². The van der Waals surface area contributed by atoms with Crippen LogP contribution in [-0.2, 0) is 24.2 Å². The number of fused-ring (bicyclic) bond motifs is 1. The second-order valence-corrected chi connectivity index (χ2v) is 5.61. The van der Waals surface area contributed by atoms with Crippen LogP contribution in [0.1, 0.15) is 37.9 Å². The van der Waals surface area contributed by atoms with E-state index in [0.29, 0.717) is 25.5 Å². The van der Waals surface area contributed by atoms with Gasteiger partial charge in [0.1, 0.15) is 11.4 Å². The van der Waals surface area contributed by atoms with E-state index in [2.05, 4.69) is 9.97 Å². The zero-order valence-electron chi connectivity index (χ0n) is 12.0. The van der Waals surface area contributed by atoms with E-state index in [1.54, 1.807) is 11.1 Å². The molecule has 0 bridgehead atoms. The Kier molecular flexibility index (Phi) is 5.30. The standard InChI is InChI=1S/C13H20N4O2.ClH/c1-13(2,3)19-12(18)17-5-4-9-7-15-11(6-14)16-10(9)8-17;/h7H,4-6,8,14H2,1-3H3;1H. The molecule has 1 aromatic heterocycles. The van der Waals surface area contributed by atoms with Crippen molar-refractivity contribution in [3.8, 4) is 0 Å². The summed E-state index contributed by atoms with van der Waals surface area (Å²) in [5, 5.41) is 0. The van der Waals surface area contributed by atoms with Crippen LogP contribution in [0.4, 0.5) is 4.79 Å². The van der Waals surface area contributed by atoms with Crippen LogP contribution in [0.3, 0.4) is 0 Å². The van der Waals surface area contributed by atoms with E-state index in [-0.39, 0.29) is 18.5 Å². The molecule has 2 N–H and O–H groups in total. The topological polar surface area (TPSA) is 81.3 Å². The van der Waals surface area contributed by atoms with Crippen molar-refractivity contribution >= 4 is 18.5 Å². The van der Waals surface area contributed by atoms with Gasteiger partial charge in [0.05, 0.1) is 18.8 Å². The monoisotopic (exact) mass is 300 g/mol. The van der Waals surface area contributed by atoms with Crippen LogP contribution < -0.4 is 5.73 Å². The van der Waals surface area contributed by atoms with Crippen molar-refractivity contribution in [1.82, 2.24) is 14.9 Å². The third-order valence-electron chi connectivity index (χ3n) is 2.83. The molecule has 0 saturated carbocycles. The van der Waals surface area contributed by atoms with E-state index in [9.17, 15) is 4.79 Å². The minimum Gasteiger partial charge on any atom is -0.444 e. The van der Waals surface area contributed by atoms with Crippen LogP contribution in [0.25, 0.3) is 0 Å². The number of hydrogen-bond donors (Lipinski definition) is 1. The third-order valence-corrected chi connectivity index (χ3v) is 2.83. The van der Waals surface area contributed by atoms with Gasteiger partial charge in [-0.2, -0.15) is 0 Å². The van der Waals surface area contributed by atoms with Crippen LogP contribution in [0.5, 0.6) is 0 Å². The average molecular weight is 301 g/mol. The predicted molar refractivity (Wildman–Crippen MR) is 77.5 cm³/mol. The molecule has 0 atom stereocenters. The number of rotatable bonds is 1. The number of carbonyl (C=O) groups is 1. The maximum absolute atomic E-state index is 12.0. The smallest absolute Gasteiger partial charge is 0.410 e. The Morgan fingerprint density at radius 3 is 2.80 bits per heavy atom. The number of aromatic nitrogens is 2. The summed E-state index contributed by atoms with van der Waals surface area (Å²) in [6.45, 7) is 6.97. The lowest BCUT2D eigenvalue weighted by Gasteiger charge is -2.30. The zero-order valence-corrected chi connectivity index (χ0v) is 12.9. The fraction of sp³-hybridized carbons (Fsp3) is 0.615. The Bertz CT molecular complexity index is 488. The first-order chi connectivity index (χ1) is 8.89. The molecule has 1 amide bonds. The molecule has 7 heteroatoms. The lowest BCUT2D eigenvalue weighted by molar-refractivity contribution is 0.0220. The van der Waals surface area contributed by atoms with E-state index in [0.717, 1.165) is 17.7 Å². The van der Waals surface area contributed by atoms with Crippen LogP contribution in [0.15, 0.2) is 6.20 Å². The van der Waals surface area contributed by atoms with Gasteiger partial charge in [0.25, 0.3) is 0 Å². The molecule has 0 saturated heterocycles. The zero-order chi connectivity index (χ0) is 14.0. The lowest BCUT2D eigenvalue weighted by atomic mass is 10.1. The maximum Gasteiger partial charge on any atom is 0.410 e. The first kappa shape index (κ1) is 16.7. The van der Waals surface area contributed by atoms with Gasteiger partial charge in [-0.15, -0.1) is 12.4 Å². The SMILES string of the molecule is CC(C)(C)OC(=O)N1CCc2cnc(CN)nc2C1.Cl. The Morgan fingerprint density at radius 1 is 1.50 bits per heavy atom. The Balaban J connectivity index is 0.00000200. The summed E-state index contributed by atoms with van der Waals surface area (Å²) in [6.07, 6.45) is 2.25. The van der Waals surface area contributed by atoms with Crippen molar-refractivity contribution < 1.29 is 9.53 Å². The maximum atomic E-state index is 12.0. The molecule has 112 valence electrons. The minimum absolute atomic E-state index is 0. The molecule has 0 fully saturated rings. The highest BCUT2D eigenvalue weighted by molar-refractivity contribution is 5.85. The van der Waals surface area contributed by atoms with Crippen molar-refractivity contribution in [2.75, 3.05) is 6.54 Å². The quantitative estimate of drug-likeness (QED) is 0.853. The normalized spacial score (nSPS) is 14.3. The summed E-state index contributed by atoms with van der Waals surface area (Å²) in [7, 11) is 0. The van der Waals surface area contributed by atoms with Gasteiger partial charge in [-0.05, 0) is 32.8 Å². The van der Waals surface area contributed by atoms with Gasteiger partial charge in [0.15, 0.2) is 0 Å². The Hall–Kier alpha value is -1.40. The molecule has 0 aromatic carbocycles. The highest BCUT2D eigenvalue weighted by Gasteiger charge is 2.26. The number of nitrogens with zero attached hydrogens (tertiary/aromatic N) is 3. The van der Waals surface area contributed by atoms with E-state index in [1.165, 1.54) is 0 Å². The lowest BCUT2D eigenvalue weighted by Crippen LogP contribution is -2.40. The second-order valence-electron chi connectivity index (χ2n) is 5.61. The van der Waals surface area contributed by atoms with Crippen LogP contribution >= 0.6 is 12.4 Å². The Labute approximate surface area is 125 Å². The van der Waals surface area contributed by atoms with E-state index in [4.69, 9.17) is 10.5 Å². The molecule has 0 spiro atoms. The number of amides is 1. The first-order valence-corrected chi connectivity index (χ1v) is 6.41. The summed E-state index contributed by atoms with van der Waals surface area (Å²) < 4.78 is 5.37. The van der Waals surface area contributed by atoms with Gasteiger partial charge in [0.2, 0.25) is 0 Å². The summed E-state index contributed by atoms with van der Waals surface area (Å²) in [5.74, 6) is 0.602. The minimum atomic E-state index is -0.481. The molecule has 2 rings (SSSR count). The van der Waals surface area contributed by atoms with E-state index >= 15 is 0 Å². The van der Waals surface area contributed by atoms with Gasteiger partial charge in [-0.1, -0.05) is 0 Å². The second kappa shape index (κ2) is 6.37. The summed E-state index contributed by atoms with van der Waals surface area (Å²) in [4.78, 5) is 22.2. The highest BCUT2D eigenvalue weighted by Crippen LogP contribution is 2.19. The highest BCUT2D eigenvalue weighted by atomic mass is 35.5. The summed E-state index contributed by atoms with van der Waals surface area (Å²) >= 11 is 0. The number of carbonyl (C=O) groups excluding carboxylic acids is 1. The molecule has 0 unspecified atom stereocenters. The molecule has 1 aliphatic rings. The predicted octanol–water partition coefficient (Wildman–Crippen LogP) is 1.65. The molecular formula is C13H21ClN4O2. The third kappa shape index (κ3) is 4.05. The van der Waals surface area contributed by atoms with E-state index in [1.807, 2.05) is 20.8 Å². The van der Waals surface area contributed by atoms with E-state index < -0.39 is 5.60 Å². The molecule has 20 heavy (non-hydrogen) atoms. The van der Waals surface area contributed by atoms with Crippen molar-refractivity contribution in [3.63, 3.8) is 0 Å². The van der Waals surface area contributed by atoms with Crippen molar-refractivity contribution in [3.05, 3.63) is 23.3 Å². The average Bonchev–Trinajstić information content (AvgIpc) is 2.35. The fourth-order valence-corrected chi connectivity index (χ4v) is 1.93. The molecule has 1 aromatic rings. The number of halogens is 1. The fourth-order valence-electron chi connectivity index (χ4n) is 1.93. The van der Waals surface area contributed by atoms with Gasteiger partial charge < -0.3 is 15.4 Å². The molecular weight excluding hydrogens is 280 g/mol. The van der Waals surface area contributed by atoms with Gasteiger partial charge >= 0.3 is 6.09 Å². The molecule has 6 nitrogen and oxygen atoms in total. The van der Waals surface area contributed by atoms with Crippen molar-refractivity contribution in [2.24, 2.45) is 5.73 Å².